The first-order valence-electron chi connectivity index (χ1n) is 11.2. The minimum Gasteiger partial charge on any atom is -0.508 e. The van der Waals surface area contributed by atoms with Gasteiger partial charge in [0.15, 0.2) is 11.9 Å². The number of benzene rings is 2. The summed E-state index contributed by atoms with van der Waals surface area (Å²) in [6.45, 7) is 7.08. The minimum absolute atomic E-state index is 0.151. The highest BCUT2D eigenvalue weighted by Gasteiger charge is 2.22. The van der Waals surface area contributed by atoms with Crippen molar-refractivity contribution >= 4 is 39.4 Å². The zero-order valence-corrected chi connectivity index (χ0v) is 20.8. The Morgan fingerprint density at radius 3 is 2.60 bits per heavy atom. The first kappa shape index (κ1) is 24.3. The molecule has 0 spiro atoms. The minimum atomic E-state index is -0.815. The van der Waals surface area contributed by atoms with Gasteiger partial charge in [0, 0.05) is 15.8 Å². The maximum Gasteiger partial charge on any atom is 0.510 e. The molecular formula is C26H27N3O5S. The van der Waals surface area contributed by atoms with Gasteiger partial charge in [-0.15, -0.1) is 11.3 Å². The molecule has 0 fully saturated rings. The molecule has 9 heteroatoms. The van der Waals surface area contributed by atoms with E-state index in [0.717, 1.165) is 33.5 Å². The molecule has 0 atom stereocenters. The van der Waals surface area contributed by atoms with Gasteiger partial charge in [-0.2, -0.15) is 0 Å². The molecule has 4 aromatic rings. The Morgan fingerprint density at radius 2 is 1.89 bits per heavy atom. The second-order valence-corrected chi connectivity index (χ2v) is 9.99. The van der Waals surface area contributed by atoms with Crippen LogP contribution in [-0.4, -0.2) is 32.3 Å². The van der Waals surface area contributed by atoms with Gasteiger partial charge in [0.25, 0.3) is 5.91 Å². The van der Waals surface area contributed by atoms with Crippen molar-refractivity contribution in [3.63, 3.8) is 0 Å². The van der Waals surface area contributed by atoms with Crippen molar-refractivity contribution in [2.45, 2.75) is 46.4 Å². The number of rotatable bonds is 6. The topological polar surface area (TPSA) is 103 Å². The first-order chi connectivity index (χ1) is 16.6. The molecule has 35 heavy (non-hydrogen) atoms. The standard InChI is InChI=1S/C26H27N3O5S/c1-5-21-22(17-10-8-11-18(30)13-17)27-24(35-21)28-23(31)20-14-16-9-6-7-12-19(16)29(20)15-33-25(32)34-26(2,3)4/h6-14,30H,5,15H2,1-4H3,(H,27,28,31). The number of nitrogens with one attached hydrogen (secondary N) is 1. The van der Waals surface area contributed by atoms with Gasteiger partial charge in [-0.1, -0.05) is 37.3 Å². The number of fused-ring (bicyclic) bond motifs is 1. The van der Waals surface area contributed by atoms with Crippen LogP contribution in [0.3, 0.4) is 0 Å². The van der Waals surface area contributed by atoms with Crippen LogP contribution in [-0.2, 0) is 22.6 Å². The van der Waals surface area contributed by atoms with E-state index in [9.17, 15) is 14.7 Å². The molecule has 4 rings (SSSR count). The van der Waals surface area contributed by atoms with E-state index in [1.807, 2.05) is 37.3 Å². The molecule has 0 saturated carbocycles. The van der Waals surface area contributed by atoms with Crippen LogP contribution >= 0.6 is 11.3 Å². The molecule has 0 radical (unpaired) electrons. The molecule has 2 heterocycles. The number of carbonyl (C=O) groups is 2. The summed E-state index contributed by atoms with van der Waals surface area (Å²) < 4.78 is 12.2. The number of aromatic nitrogens is 2. The van der Waals surface area contributed by atoms with Crippen LogP contribution < -0.4 is 5.32 Å². The first-order valence-corrected chi connectivity index (χ1v) is 12.0. The van der Waals surface area contributed by atoms with Crippen LogP contribution in [0.4, 0.5) is 9.93 Å². The Kier molecular flexibility index (Phi) is 6.79. The summed E-state index contributed by atoms with van der Waals surface area (Å²) in [7, 11) is 0. The van der Waals surface area contributed by atoms with E-state index in [1.54, 1.807) is 49.6 Å². The quantitative estimate of drug-likeness (QED) is 0.310. The monoisotopic (exact) mass is 493 g/mol. The van der Waals surface area contributed by atoms with Crippen molar-refractivity contribution < 1.29 is 24.2 Å². The summed E-state index contributed by atoms with van der Waals surface area (Å²) in [4.78, 5) is 31.0. The van der Waals surface area contributed by atoms with Crippen LogP contribution in [0.5, 0.6) is 5.75 Å². The van der Waals surface area contributed by atoms with Gasteiger partial charge in [0.05, 0.1) is 11.2 Å². The van der Waals surface area contributed by atoms with E-state index in [0.29, 0.717) is 10.8 Å². The van der Waals surface area contributed by atoms with Crippen LogP contribution in [0.2, 0.25) is 0 Å². The third-order valence-corrected chi connectivity index (χ3v) is 6.22. The number of hydrogen-bond acceptors (Lipinski definition) is 7. The van der Waals surface area contributed by atoms with Crippen LogP contribution in [0.15, 0.2) is 54.6 Å². The molecule has 2 N–H and O–H groups in total. The second kappa shape index (κ2) is 9.79. The number of para-hydroxylation sites is 1. The summed E-state index contributed by atoms with van der Waals surface area (Å²) >= 11 is 1.38. The molecule has 2 aromatic carbocycles. The van der Waals surface area contributed by atoms with Gasteiger partial charge in [0.1, 0.15) is 17.0 Å². The highest BCUT2D eigenvalue weighted by atomic mass is 32.1. The van der Waals surface area contributed by atoms with E-state index in [-0.39, 0.29) is 18.4 Å². The Balaban J connectivity index is 1.61. The van der Waals surface area contributed by atoms with Gasteiger partial charge in [-0.05, 0) is 51.5 Å². The van der Waals surface area contributed by atoms with Crippen molar-refractivity contribution in [3.8, 4) is 17.0 Å². The largest absolute Gasteiger partial charge is 0.510 e. The Bertz CT molecular complexity index is 1380. The molecule has 0 aliphatic carbocycles. The normalized spacial score (nSPS) is 11.4. The van der Waals surface area contributed by atoms with Gasteiger partial charge in [-0.25, -0.2) is 9.78 Å². The highest BCUT2D eigenvalue weighted by molar-refractivity contribution is 7.16. The van der Waals surface area contributed by atoms with Gasteiger partial charge in [0.2, 0.25) is 0 Å². The maximum absolute atomic E-state index is 13.3. The van der Waals surface area contributed by atoms with E-state index in [2.05, 4.69) is 10.3 Å². The maximum atomic E-state index is 13.3. The number of hydrogen-bond donors (Lipinski definition) is 2. The second-order valence-electron chi connectivity index (χ2n) is 8.90. The van der Waals surface area contributed by atoms with Crippen LogP contribution in [0, 0.1) is 0 Å². The number of anilines is 1. The number of aryl methyl sites for hydroxylation is 1. The fourth-order valence-corrected chi connectivity index (χ4v) is 4.54. The number of phenols is 1. The van der Waals surface area contributed by atoms with Gasteiger partial charge >= 0.3 is 6.16 Å². The number of aromatic hydroxyl groups is 1. The van der Waals surface area contributed by atoms with E-state index in [1.165, 1.54) is 11.3 Å². The third kappa shape index (κ3) is 5.63. The molecule has 0 bridgehead atoms. The summed E-state index contributed by atoms with van der Waals surface area (Å²) in [5.74, 6) is -0.231. The Morgan fingerprint density at radius 1 is 1.11 bits per heavy atom. The molecule has 0 aliphatic rings. The molecule has 2 aromatic heterocycles. The fraction of sp³-hybridized carbons (Fsp3) is 0.269. The van der Waals surface area contributed by atoms with Crippen molar-refractivity contribution in [2.24, 2.45) is 0 Å². The number of carbonyl (C=O) groups excluding carboxylic acids is 2. The smallest absolute Gasteiger partial charge is 0.508 e. The van der Waals surface area contributed by atoms with Crippen molar-refractivity contribution in [2.75, 3.05) is 5.32 Å². The van der Waals surface area contributed by atoms with Gasteiger partial charge in [-0.3, -0.25) is 10.1 Å². The number of nitrogens with zero attached hydrogens (tertiary/aromatic N) is 2. The molecular weight excluding hydrogens is 466 g/mol. The average Bonchev–Trinajstić information content (AvgIpc) is 3.37. The predicted molar refractivity (Wildman–Crippen MR) is 136 cm³/mol. The summed E-state index contributed by atoms with van der Waals surface area (Å²) in [6.07, 6.45) is -0.0902. The van der Waals surface area contributed by atoms with Crippen LogP contribution in [0.1, 0.15) is 43.1 Å². The summed E-state index contributed by atoms with van der Waals surface area (Å²) in [6, 6.07) is 16.1. The zero-order valence-electron chi connectivity index (χ0n) is 20.0. The van der Waals surface area contributed by atoms with Crippen molar-refractivity contribution in [1.29, 1.82) is 0 Å². The molecule has 0 aliphatic heterocycles. The predicted octanol–water partition coefficient (Wildman–Crippen LogP) is 6.19. The lowest BCUT2D eigenvalue weighted by atomic mass is 10.1. The zero-order chi connectivity index (χ0) is 25.2. The fourth-order valence-electron chi connectivity index (χ4n) is 3.62. The van der Waals surface area contributed by atoms with Crippen molar-refractivity contribution in [3.05, 3.63) is 65.2 Å². The number of phenolic OH excluding ortho intramolecular Hbond substituents is 1. The Hall–Kier alpha value is -3.85. The highest BCUT2D eigenvalue weighted by Crippen LogP contribution is 2.33. The molecule has 0 saturated heterocycles. The molecule has 182 valence electrons. The van der Waals surface area contributed by atoms with E-state index >= 15 is 0 Å². The number of amides is 1. The summed E-state index contributed by atoms with van der Waals surface area (Å²) in [5.41, 5.74) is 1.87. The Labute approximate surface area is 207 Å². The average molecular weight is 494 g/mol. The lowest BCUT2D eigenvalue weighted by molar-refractivity contribution is -0.0200. The summed E-state index contributed by atoms with van der Waals surface area (Å²) in [5, 5.41) is 14.0. The van der Waals surface area contributed by atoms with Crippen molar-refractivity contribution in [1.82, 2.24) is 9.55 Å². The number of thiazole rings is 1. The lowest BCUT2D eigenvalue weighted by Gasteiger charge is -2.19. The third-order valence-electron chi connectivity index (χ3n) is 5.10. The van der Waals surface area contributed by atoms with Crippen LogP contribution in [0.25, 0.3) is 22.2 Å². The van der Waals surface area contributed by atoms with E-state index < -0.39 is 11.8 Å². The van der Waals surface area contributed by atoms with E-state index in [4.69, 9.17) is 9.47 Å². The lowest BCUT2D eigenvalue weighted by Crippen LogP contribution is -2.25. The molecule has 0 unspecified atom stereocenters. The van der Waals surface area contributed by atoms with Gasteiger partial charge < -0.3 is 19.1 Å². The number of ether oxygens (including phenoxy) is 2. The molecule has 8 nitrogen and oxygen atoms in total. The SMILES string of the molecule is CCc1sc(NC(=O)c2cc3ccccc3n2COC(=O)OC(C)(C)C)nc1-c1cccc(O)c1. The molecule has 1 amide bonds.